The molecule has 3 N–H and O–H groups in total. The molecule has 0 aromatic rings. The molecule has 0 spiro atoms. The molecule has 0 radical (unpaired) electrons. The molecule has 116 valence electrons. The van der Waals surface area contributed by atoms with Gasteiger partial charge in [0.2, 0.25) is 5.91 Å². The number of nitrogens with one attached hydrogen (secondary N) is 2. The van der Waals surface area contributed by atoms with Crippen LogP contribution >= 0.6 is 0 Å². The van der Waals surface area contributed by atoms with Crippen molar-refractivity contribution in [3.8, 4) is 0 Å². The van der Waals surface area contributed by atoms with Gasteiger partial charge < -0.3 is 19.9 Å². The lowest BCUT2D eigenvalue weighted by atomic mass is 10.4. The van der Waals surface area contributed by atoms with Gasteiger partial charge in [0, 0.05) is 27.3 Å². The fourth-order valence-electron chi connectivity index (χ4n) is 1.31. The van der Waals surface area contributed by atoms with E-state index < -0.39 is 17.9 Å². The van der Waals surface area contributed by atoms with Gasteiger partial charge in [-0.25, -0.2) is 4.79 Å². The van der Waals surface area contributed by atoms with Gasteiger partial charge in [0.25, 0.3) is 0 Å². The van der Waals surface area contributed by atoms with E-state index in [9.17, 15) is 14.4 Å². The van der Waals surface area contributed by atoms with Crippen molar-refractivity contribution in [1.82, 2.24) is 15.5 Å². The predicted molar refractivity (Wildman–Crippen MR) is 69.4 cm³/mol. The van der Waals surface area contributed by atoms with Crippen molar-refractivity contribution in [2.75, 3.05) is 53.6 Å². The molecule has 9 heteroatoms. The normalized spacial score (nSPS) is 10.3. The fraction of sp³-hybridized carbons (Fsp3) is 0.727. The molecular weight excluding hydrogens is 270 g/mol. The van der Waals surface area contributed by atoms with Crippen molar-refractivity contribution in [3.63, 3.8) is 0 Å². The first-order valence-electron chi connectivity index (χ1n) is 5.99. The summed E-state index contributed by atoms with van der Waals surface area (Å²) in [5.41, 5.74) is 0. The summed E-state index contributed by atoms with van der Waals surface area (Å²) in [4.78, 5) is 34.9. The topological polar surface area (TPSA) is 117 Å². The second-order valence-electron chi connectivity index (χ2n) is 3.89. The average molecular weight is 291 g/mol. The maximum Gasteiger partial charge on any atom is 0.321 e. The van der Waals surface area contributed by atoms with Gasteiger partial charge in [-0.15, -0.1) is 0 Å². The average Bonchev–Trinajstić information content (AvgIpc) is 2.35. The van der Waals surface area contributed by atoms with Crippen LogP contribution in [0.4, 0.5) is 4.79 Å². The standard InChI is InChI=1S/C11H21N3O6/c1-19-5-3-12-11(18)13-9(15)7-14(4-6-20-2)8-10(16)17/h3-8H2,1-2H3,(H,16,17)(H2,12,13,15,18). The van der Waals surface area contributed by atoms with Crippen LogP contribution in [0.5, 0.6) is 0 Å². The number of amides is 3. The Morgan fingerprint density at radius 3 is 2.30 bits per heavy atom. The number of carbonyl (C=O) groups excluding carboxylic acids is 2. The van der Waals surface area contributed by atoms with Crippen molar-refractivity contribution < 1.29 is 29.0 Å². The Bertz CT molecular complexity index is 323. The summed E-state index contributed by atoms with van der Waals surface area (Å²) in [6.07, 6.45) is 0. The minimum absolute atomic E-state index is 0.201. The molecule has 0 bridgehead atoms. The zero-order valence-corrected chi connectivity index (χ0v) is 11.7. The highest BCUT2D eigenvalue weighted by atomic mass is 16.5. The van der Waals surface area contributed by atoms with E-state index in [4.69, 9.17) is 14.6 Å². The molecule has 3 amide bonds. The SMILES string of the molecule is COCCNC(=O)NC(=O)CN(CCOC)CC(=O)O. The van der Waals surface area contributed by atoms with Gasteiger partial charge in [0.1, 0.15) is 0 Å². The van der Waals surface area contributed by atoms with Gasteiger partial charge in [-0.3, -0.25) is 19.8 Å². The Kier molecular flexibility index (Phi) is 10.2. The first-order chi connectivity index (χ1) is 9.49. The maximum absolute atomic E-state index is 11.6. The Hall–Kier alpha value is -1.71. The lowest BCUT2D eigenvalue weighted by Crippen LogP contribution is -2.46. The van der Waals surface area contributed by atoms with Crippen molar-refractivity contribution in [3.05, 3.63) is 0 Å². The molecule has 0 aliphatic rings. The van der Waals surface area contributed by atoms with Crippen LogP contribution in [-0.4, -0.2) is 81.5 Å². The highest BCUT2D eigenvalue weighted by Crippen LogP contribution is 1.89. The largest absolute Gasteiger partial charge is 0.480 e. The molecular formula is C11H21N3O6. The molecule has 0 saturated heterocycles. The first kappa shape index (κ1) is 18.3. The molecule has 0 aliphatic carbocycles. The lowest BCUT2D eigenvalue weighted by molar-refractivity contribution is -0.138. The van der Waals surface area contributed by atoms with Crippen LogP contribution in [0.2, 0.25) is 0 Å². The van der Waals surface area contributed by atoms with Crippen LogP contribution in [0.3, 0.4) is 0 Å². The van der Waals surface area contributed by atoms with Gasteiger partial charge in [-0.1, -0.05) is 0 Å². The number of urea groups is 1. The number of carboxylic acid groups (broad SMARTS) is 1. The van der Waals surface area contributed by atoms with Crippen molar-refractivity contribution in [1.29, 1.82) is 0 Å². The molecule has 20 heavy (non-hydrogen) atoms. The van der Waals surface area contributed by atoms with Crippen molar-refractivity contribution in [2.45, 2.75) is 0 Å². The maximum atomic E-state index is 11.6. The van der Waals surface area contributed by atoms with E-state index in [1.54, 1.807) is 0 Å². The molecule has 0 heterocycles. The summed E-state index contributed by atoms with van der Waals surface area (Å²) in [5.74, 6) is -1.64. The number of carbonyl (C=O) groups is 3. The van der Waals surface area contributed by atoms with E-state index in [2.05, 4.69) is 10.6 Å². The lowest BCUT2D eigenvalue weighted by Gasteiger charge is -2.18. The zero-order chi connectivity index (χ0) is 15.4. The number of nitrogens with zero attached hydrogens (tertiary/aromatic N) is 1. The van der Waals surface area contributed by atoms with E-state index in [1.807, 2.05) is 0 Å². The van der Waals surface area contributed by atoms with Gasteiger partial charge in [0.05, 0.1) is 26.3 Å². The number of hydrogen-bond donors (Lipinski definition) is 3. The van der Waals surface area contributed by atoms with Crippen LogP contribution in [-0.2, 0) is 19.1 Å². The number of hydrogen-bond acceptors (Lipinski definition) is 6. The smallest absolute Gasteiger partial charge is 0.321 e. The summed E-state index contributed by atoms with van der Waals surface area (Å²) in [6.45, 7) is 0.677. The third kappa shape index (κ3) is 10.2. The minimum atomic E-state index is -1.06. The number of rotatable bonds is 10. The van der Waals surface area contributed by atoms with E-state index in [0.717, 1.165) is 0 Å². The number of imide groups is 1. The first-order valence-corrected chi connectivity index (χ1v) is 5.99. The summed E-state index contributed by atoms with van der Waals surface area (Å²) >= 11 is 0. The monoisotopic (exact) mass is 291 g/mol. The Morgan fingerprint density at radius 2 is 1.75 bits per heavy atom. The highest BCUT2D eigenvalue weighted by molar-refractivity contribution is 5.95. The predicted octanol–water partition coefficient (Wildman–Crippen LogP) is -1.51. The molecule has 0 saturated carbocycles. The molecule has 0 fully saturated rings. The molecule has 0 rings (SSSR count). The van der Waals surface area contributed by atoms with Gasteiger partial charge in [-0.05, 0) is 0 Å². The molecule has 0 unspecified atom stereocenters. The summed E-state index contributed by atoms with van der Waals surface area (Å²) < 4.78 is 9.56. The van der Waals surface area contributed by atoms with Crippen LogP contribution < -0.4 is 10.6 Å². The van der Waals surface area contributed by atoms with Gasteiger partial charge in [0.15, 0.2) is 0 Å². The molecule has 0 aromatic heterocycles. The Balaban J connectivity index is 4.09. The quantitative estimate of drug-likeness (QED) is 0.419. The molecule has 0 aromatic carbocycles. The molecule has 9 nitrogen and oxygen atoms in total. The van der Waals surface area contributed by atoms with E-state index in [1.165, 1.54) is 19.1 Å². The van der Waals surface area contributed by atoms with Crippen LogP contribution in [0.25, 0.3) is 0 Å². The van der Waals surface area contributed by atoms with Gasteiger partial charge in [-0.2, -0.15) is 0 Å². The number of aliphatic carboxylic acids is 1. The second kappa shape index (κ2) is 11.1. The zero-order valence-electron chi connectivity index (χ0n) is 11.7. The van der Waals surface area contributed by atoms with Crippen LogP contribution in [0.1, 0.15) is 0 Å². The minimum Gasteiger partial charge on any atom is -0.480 e. The summed E-state index contributed by atoms with van der Waals surface area (Å²) in [7, 11) is 2.96. The second-order valence-corrected chi connectivity index (χ2v) is 3.89. The Labute approximate surface area is 117 Å². The van der Waals surface area contributed by atoms with E-state index in [-0.39, 0.29) is 26.2 Å². The molecule has 0 atom stereocenters. The fourth-order valence-corrected chi connectivity index (χ4v) is 1.31. The molecule has 0 aliphatic heterocycles. The summed E-state index contributed by atoms with van der Waals surface area (Å²) in [5, 5.41) is 13.2. The number of ether oxygens (including phenoxy) is 2. The third-order valence-corrected chi connectivity index (χ3v) is 2.18. The van der Waals surface area contributed by atoms with E-state index >= 15 is 0 Å². The summed E-state index contributed by atoms with van der Waals surface area (Å²) in [6, 6.07) is -0.644. The van der Waals surface area contributed by atoms with Gasteiger partial charge >= 0.3 is 12.0 Å². The number of carboxylic acids is 1. The third-order valence-electron chi connectivity index (χ3n) is 2.18. The van der Waals surface area contributed by atoms with Crippen LogP contribution in [0, 0.1) is 0 Å². The van der Waals surface area contributed by atoms with Crippen LogP contribution in [0.15, 0.2) is 0 Å². The number of methoxy groups -OCH3 is 2. The van der Waals surface area contributed by atoms with Crippen molar-refractivity contribution >= 4 is 17.9 Å². The van der Waals surface area contributed by atoms with E-state index in [0.29, 0.717) is 13.2 Å². The van der Waals surface area contributed by atoms with Crippen molar-refractivity contribution in [2.24, 2.45) is 0 Å². The Morgan fingerprint density at radius 1 is 1.10 bits per heavy atom. The highest BCUT2D eigenvalue weighted by Gasteiger charge is 2.15.